The fraction of sp³-hybridized carbons (Fsp3) is 0.556. The van der Waals surface area contributed by atoms with Crippen molar-refractivity contribution in [1.29, 1.82) is 5.41 Å². The lowest BCUT2D eigenvalue weighted by Crippen LogP contribution is -2.36. The monoisotopic (exact) mass is 210 g/mol. The first kappa shape index (κ1) is 9.97. The zero-order valence-corrected chi connectivity index (χ0v) is 8.40. The molecule has 2 rings (SSSR count). The van der Waals surface area contributed by atoms with Crippen LogP contribution >= 0.6 is 0 Å². The van der Waals surface area contributed by atoms with Crippen LogP contribution < -0.4 is 10.6 Å². The smallest absolute Gasteiger partial charge is 0.297 e. The van der Waals surface area contributed by atoms with Gasteiger partial charge < -0.3 is 19.8 Å². The molecule has 0 aromatic carbocycles. The highest BCUT2D eigenvalue weighted by molar-refractivity contribution is 5.78. The summed E-state index contributed by atoms with van der Waals surface area (Å²) in [6.45, 7) is 2.98. The molecule has 0 radical (unpaired) electrons. The van der Waals surface area contributed by atoms with Crippen LogP contribution in [0.2, 0.25) is 0 Å². The third-order valence-electron chi connectivity index (χ3n) is 2.19. The Balaban J connectivity index is 2.02. The maximum absolute atomic E-state index is 7.14. The van der Waals surface area contributed by atoms with E-state index in [1.54, 1.807) is 6.20 Å². The lowest BCUT2D eigenvalue weighted by molar-refractivity contribution is 0.120. The lowest BCUT2D eigenvalue weighted by atomic mass is 10.3. The van der Waals surface area contributed by atoms with Gasteiger partial charge in [-0.2, -0.15) is 0 Å². The molecule has 15 heavy (non-hydrogen) atoms. The summed E-state index contributed by atoms with van der Waals surface area (Å²) in [5.74, 6) is 0.712. The highest BCUT2D eigenvalue weighted by Crippen LogP contribution is 2.15. The van der Waals surface area contributed by atoms with Gasteiger partial charge in [-0.1, -0.05) is 0 Å². The minimum atomic E-state index is 0.0830. The Morgan fingerprint density at radius 3 is 2.93 bits per heavy atom. The molecule has 1 aliphatic rings. The van der Waals surface area contributed by atoms with E-state index in [9.17, 15) is 0 Å². The minimum Gasteiger partial charge on any atom is -0.428 e. The Hall–Kier alpha value is -1.56. The zero-order chi connectivity index (χ0) is 10.7. The normalized spacial score (nSPS) is 16.7. The molecule has 1 aromatic rings. The van der Waals surface area contributed by atoms with Crippen LogP contribution in [0.15, 0.2) is 10.6 Å². The van der Waals surface area contributed by atoms with E-state index in [4.69, 9.17) is 20.3 Å². The number of amidine groups is 1. The van der Waals surface area contributed by atoms with Crippen LogP contribution in [0.4, 0.5) is 6.01 Å². The number of oxazole rings is 1. The molecule has 0 saturated carbocycles. The second-order valence-electron chi connectivity index (χ2n) is 3.41. The maximum Gasteiger partial charge on any atom is 0.297 e. The Morgan fingerprint density at radius 2 is 2.27 bits per heavy atom. The van der Waals surface area contributed by atoms with Gasteiger partial charge in [0.15, 0.2) is 0 Å². The van der Waals surface area contributed by atoms with Gasteiger partial charge in [-0.05, 0) is 0 Å². The first-order valence-corrected chi connectivity index (χ1v) is 4.86. The Morgan fingerprint density at radius 1 is 1.53 bits per heavy atom. The van der Waals surface area contributed by atoms with Crippen LogP contribution in [0.25, 0.3) is 0 Å². The van der Waals surface area contributed by atoms with Gasteiger partial charge in [0.1, 0.15) is 5.76 Å². The first-order valence-electron chi connectivity index (χ1n) is 4.86. The van der Waals surface area contributed by atoms with Gasteiger partial charge in [-0.3, -0.25) is 5.41 Å². The minimum absolute atomic E-state index is 0.0830. The van der Waals surface area contributed by atoms with Crippen molar-refractivity contribution in [3.05, 3.63) is 12.0 Å². The predicted molar refractivity (Wildman–Crippen MR) is 55.2 cm³/mol. The largest absolute Gasteiger partial charge is 0.428 e. The molecular formula is C9H14N4O2. The molecule has 1 aromatic heterocycles. The number of nitrogens with one attached hydrogen (secondary N) is 1. The summed E-state index contributed by atoms with van der Waals surface area (Å²) >= 11 is 0. The molecular weight excluding hydrogens is 196 g/mol. The van der Waals surface area contributed by atoms with E-state index in [1.165, 1.54) is 0 Å². The number of nitrogens with two attached hydrogens (primary N) is 1. The van der Waals surface area contributed by atoms with Gasteiger partial charge in [0.2, 0.25) is 0 Å². The van der Waals surface area contributed by atoms with E-state index < -0.39 is 0 Å². The van der Waals surface area contributed by atoms with Crippen LogP contribution in [0.5, 0.6) is 0 Å². The fourth-order valence-electron chi connectivity index (χ4n) is 1.47. The average molecular weight is 210 g/mol. The molecule has 3 N–H and O–H groups in total. The first-order chi connectivity index (χ1) is 7.25. The quantitative estimate of drug-likeness (QED) is 0.541. The molecule has 0 aliphatic carbocycles. The molecule has 0 bridgehead atoms. The van der Waals surface area contributed by atoms with Crippen molar-refractivity contribution in [3.63, 3.8) is 0 Å². The van der Waals surface area contributed by atoms with Crippen LogP contribution in [0.1, 0.15) is 5.76 Å². The SMILES string of the molecule is N=C(N)Cc1cnc(N2CCOCC2)o1. The van der Waals surface area contributed by atoms with E-state index in [1.807, 2.05) is 4.90 Å². The molecule has 1 saturated heterocycles. The highest BCUT2D eigenvalue weighted by Gasteiger charge is 2.16. The second kappa shape index (κ2) is 4.31. The molecule has 6 heteroatoms. The molecule has 6 nitrogen and oxygen atoms in total. The van der Waals surface area contributed by atoms with Crippen LogP contribution in [0.3, 0.4) is 0 Å². The molecule has 1 fully saturated rings. The standard InChI is InChI=1S/C9H14N4O2/c10-8(11)5-7-6-12-9(15-7)13-1-3-14-4-2-13/h6H,1-5H2,(H3,10,11). The van der Waals surface area contributed by atoms with Crippen molar-refractivity contribution in [2.75, 3.05) is 31.2 Å². The van der Waals surface area contributed by atoms with Crippen LogP contribution in [0, 0.1) is 5.41 Å². The molecule has 2 heterocycles. The summed E-state index contributed by atoms with van der Waals surface area (Å²) in [6.07, 6.45) is 1.93. The van der Waals surface area contributed by atoms with Crippen molar-refractivity contribution >= 4 is 11.9 Å². The van der Waals surface area contributed by atoms with Gasteiger partial charge in [-0.25, -0.2) is 4.98 Å². The molecule has 0 unspecified atom stereocenters. The molecule has 0 amide bonds. The summed E-state index contributed by atoms with van der Waals surface area (Å²) in [7, 11) is 0. The Labute approximate surface area is 87.5 Å². The number of hydrogen-bond acceptors (Lipinski definition) is 5. The summed E-state index contributed by atoms with van der Waals surface area (Å²) < 4.78 is 10.7. The zero-order valence-electron chi connectivity index (χ0n) is 8.40. The highest BCUT2D eigenvalue weighted by atomic mass is 16.5. The Kier molecular flexibility index (Phi) is 2.86. The van der Waals surface area contributed by atoms with Gasteiger partial charge in [-0.15, -0.1) is 0 Å². The summed E-state index contributed by atoms with van der Waals surface area (Å²) in [5, 5.41) is 7.14. The fourth-order valence-corrected chi connectivity index (χ4v) is 1.47. The van der Waals surface area contributed by atoms with Crippen molar-refractivity contribution in [3.8, 4) is 0 Å². The number of rotatable bonds is 3. The van der Waals surface area contributed by atoms with Crippen molar-refractivity contribution in [2.45, 2.75) is 6.42 Å². The van der Waals surface area contributed by atoms with Crippen molar-refractivity contribution < 1.29 is 9.15 Å². The maximum atomic E-state index is 7.14. The van der Waals surface area contributed by atoms with Gasteiger partial charge in [0.25, 0.3) is 6.01 Å². The third kappa shape index (κ3) is 2.47. The van der Waals surface area contributed by atoms with E-state index in [0.29, 0.717) is 31.4 Å². The number of anilines is 1. The van der Waals surface area contributed by atoms with Gasteiger partial charge in [0, 0.05) is 13.1 Å². The van der Waals surface area contributed by atoms with Crippen molar-refractivity contribution in [2.24, 2.45) is 5.73 Å². The third-order valence-corrected chi connectivity index (χ3v) is 2.19. The number of ether oxygens (including phenoxy) is 1. The van der Waals surface area contributed by atoms with E-state index in [-0.39, 0.29) is 5.84 Å². The van der Waals surface area contributed by atoms with Gasteiger partial charge >= 0.3 is 0 Å². The van der Waals surface area contributed by atoms with Crippen LogP contribution in [-0.4, -0.2) is 37.1 Å². The number of morpholine rings is 1. The van der Waals surface area contributed by atoms with E-state index in [0.717, 1.165) is 13.1 Å². The number of hydrogen-bond donors (Lipinski definition) is 2. The average Bonchev–Trinajstić information content (AvgIpc) is 2.67. The number of nitrogens with zero attached hydrogens (tertiary/aromatic N) is 2. The Bertz CT molecular complexity index is 344. The topological polar surface area (TPSA) is 88.4 Å². The molecule has 82 valence electrons. The molecule has 0 spiro atoms. The summed E-state index contributed by atoms with van der Waals surface area (Å²) in [4.78, 5) is 6.17. The van der Waals surface area contributed by atoms with Crippen molar-refractivity contribution in [1.82, 2.24) is 4.98 Å². The number of aromatic nitrogens is 1. The van der Waals surface area contributed by atoms with Crippen LogP contribution in [-0.2, 0) is 11.2 Å². The van der Waals surface area contributed by atoms with E-state index in [2.05, 4.69) is 4.98 Å². The molecule has 1 aliphatic heterocycles. The molecule has 0 atom stereocenters. The van der Waals surface area contributed by atoms with E-state index >= 15 is 0 Å². The summed E-state index contributed by atoms with van der Waals surface area (Å²) in [5.41, 5.74) is 5.27. The summed E-state index contributed by atoms with van der Waals surface area (Å²) in [6, 6.07) is 0.592. The van der Waals surface area contributed by atoms with Gasteiger partial charge in [0.05, 0.1) is 31.7 Å². The predicted octanol–water partition coefficient (Wildman–Crippen LogP) is -0.0103. The lowest BCUT2D eigenvalue weighted by Gasteiger charge is -2.24. The second-order valence-corrected chi connectivity index (χ2v) is 3.41.